The summed E-state index contributed by atoms with van der Waals surface area (Å²) in [6, 6.07) is -10.2. The number of primary amides is 1. The maximum atomic E-state index is 14.3. The third-order valence-corrected chi connectivity index (χ3v) is 11.2. The van der Waals surface area contributed by atoms with Crippen molar-refractivity contribution in [2.24, 2.45) is 17.4 Å². The van der Waals surface area contributed by atoms with Gasteiger partial charge in [-0.05, 0) is 24.6 Å². The van der Waals surface area contributed by atoms with Gasteiger partial charge in [0.1, 0.15) is 48.5 Å². The fraction of sp³-hybridized carbons (Fsp3) is 0.629. The predicted molar refractivity (Wildman–Crippen MR) is 212 cm³/mol. The first-order valence-electron chi connectivity index (χ1n) is 19.4. The van der Waals surface area contributed by atoms with Crippen LogP contribution >= 0.6 is 0 Å². The molecule has 1 aromatic rings. The second-order valence-electron chi connectivity index (χ2n) is 15.8. The zero-order chi connectivity index (χ0) is 48.3. The van der Waals surface area contributed by atoms with Gasteiger partial charge in [0, 0.05) is 31.8 Å². The molecular weight excluding hydrogens is 900 g/mol. The van der Waals surface area contributed by atoms with Crippen molar-refractivity contribution in [1.82, 2.24) is 31.1 Å². The number of aliphatic hydroxyl groups is 8. The minimum absolute atomic E-state index is 0. The lowest BCUT2D eigenvalue weighted by atomic mass is 9.96. The van der Waals surface area contributed by atoms with Gasteiger partial charge >= 0.3 is 10.4 Å². The highest BCUT2D eigenvalue weighted by atomic mass is 32.3. The maximum absolute atomic E-state index is 14.3. The number of nitrogens with one attached hydrogen (secondary N) is 4. The van der Waals surface area contributed by atoms with Crippen molar-refractivity contribution in [2.75, 3.05) is 13.1 Å². The number of phenols is 1. The van der Waals surface area contributed by atoms with Crippen LogP contribution in [0.5, 0.6) is 11.5 Å². The van der Waals surface area contributed by atoms with Crippen LogP contribution < -0.4 is 36.9 Å². The Labute approximate surface area is 368 Å². The molecule has 0 saturated carbocycles. The number of nitrogens with two attached hydrogens (primary N) is 2. The molecule has 7 amide bonds. The van der Waals surface area contributed by atoms with Crippen LogP contribution in [0.4, 0.5) is 0 Å². The molecule has 29 nitrogen and oxygen atoms in total. The molecule has 20 N–H and O–H groups in total. The Morgan fingerprint density at radius 3 is 2.02 bits per heavy atom. The number of hydrogen-bond donors (Lipinski definition) is 16. The van der Waals surface area contributed by atoms with Gasteiger partial charge in [-0.1, -0.05) is 13.0 Å². The van der Waals surface area contributed by atoms with Crippen molar-refractivity contribution >= 4 is 51.7 Å². The highest BCUT2D eigenvalue weighted by molar-refractivity contribution is 7.81. The number of rotatable bonds is 9. The summed E-state index contributed by atoms with van der Waals surface area (Å²) in [7, 11) is -5.30. The van der Waals surface area contributed by atoms with E-state index in [-0.39, 0.29) is 5.48 Å². The van der Waals surface area contributed by atoms with E-state index in [0.29, 0.717) is 15.9 Å². The monoisotopic (exact) mass is 954 g/mol. The number of phenolic OH excluding ortho intramolecular Hbond substituents is 1. The molecular formula is C35H54N8O21S. The number of aliphatic hydroxyl groups excluding tert-OH is 8. The molecule has 3 saturated heterocycles. The van der Waals surface area contributed by atoms with E-state index < -0.39 is 192 Å². The average Bonchev–Trinajstić information content (AvgIpc) is 3.74. The molecule has 30 heteroatoms. The van der Waals surface area contributed by atoms with E-state index in [1.54, 1.807) is 0 Å². The lowest BCUT2D eigenvalue weighted by Crippen LogP contribution is -2.64. The largest absolute Gasteiger partial charge is 0.504 e. The van der Waals surface area contributed by atoms with E-state index in [1.165, 1.54) is 6.92 Å². The first-order valence-corrected chi connectivity index (χ1v) is 20.8. The number of aromatic hydroxyl groups is 1. The molecule has 65 heavy (non-hydrogen) atoms. The highest BCUT2D eigenvalue weighted by Crippen LogP contribution is 2.32. The Kier molecular flexibility index (Phi) is 18.0. The van der Waals surface area contributed by atoms with Gasteiger partial charge in [-0.25, -0.2) is 0 Å². The SMILES string of the molecule is C[C@@H](O)[C@@H]1NC(=O)[C@@H](N)C[C@@H](O)[C@@H](O)NC(=O)[C@@H]2[C@@H](O)[C@@H](C)CN2C(=O)[C@H]([C@H](O)CC(N)=O)NC(=O)[C@H]([C@H](O)[C@@H](O)c2ccc(O)c(OS(=O)(=O)O)c2)NC(=O)[C@@H]2C[C@@H](O)CN2C1=O.O. The van der Waals surface area contributed by atoms with Crippen molar-refractivity contribution in [3.63, 3.8) is 0 Å². The fourth-order valence-corrected chi connectivity index (χ4v) is 7.77. The third-order valence-electron chi connectivity index (χ3n) is 10.8. The summed E-state index contributed by atoms with van der Waals surface area (Å²) in [6.45, 7) is 1.26. The van der Waals surface area contributed by atoms with E-state index in [1.807, 2.05) is 10.6 Å². The Balaban J connectivity index is 0.0000112. The molecule has 15 atom stereocenters. The number of carbonyl (C=O) groups is 7. The van der Waals surface area contributed by atoms with Crippen LogP contribution in [0.15, 0.2) is 18.2 Å². The Morgan fingerprint density at radius 2 is 1.43 bits per heavy atom. The van der Waals surface area contributed by atoms with Crippen LogP contribution in [0, 0.1) is 5.92 Å². The van der Waals surface area contributed by atoms with E-state index >= 15 is 0 Å². The molecule has 3 fully saturated rings. The zero-order valence-electron chi connectivity index (χ0n) is 34.4. The van der Waals surface area contributed by atoms with Crippen molar-refractivity contribution in [2.45, 2.75) is 118 Å². The molecule has 0 radical (unpaired) electrons. The van der Waals surface area contributed by atoms with Crippen molar-refractivity contribution < 1.29 is 102 Å². The van der Waals surface area contributed by atoms with Crippen molar-refractivity contribution in [3.8, 4) is 11.5 Å². The number of benzene rings is 1. The topological polar surface area (TPSA) is 503 Å². The number of carbonyl (C=O) groups excluding carboxylic acids is 7. The van der Waals surface area contributed by atoms with Crippen LogP contribution in [0.25, 0.3) is 0 Å². The molecule has 3 heterocycles. The fourth-order valence-electron chi connectivity index (χ4n) is 7.41. The summed E-state index contributed by atoms with van der Waals surface area (Å²) < 4.78 is 36.2. The molecule has 0 aliphatic carbocycles. The maximum Gasteiger partial charge on any atom is 0.446 e. The van der Waals surface area contributed by atoms with Crippen LogP contribution in [-0.4, -0.2) is 208 Å². The predicted octanol–water partition coefficient (Wildman–Crippen LogP) is -10.1. The lowest BCUT2D eigenvalue weighted by Gasteiger charge is -2.34. The van der Waals surface area contributed by atoms with Crippen molar-refractivity contribution in [1.29, 1.82) is 0 Å². The third kappa shape index (κ3) is 12.9. The van der Waals surface area contributed by atoms with E-state index in [0.717, 1.165) is 19.1 Å². The van der Waals surface area contributed by atoms with Crippen LogP contribution in [0.3, 0.4) is 0 Å². The molecule has 0 bridgehead atoms. The molecule has 0 unspecified atom stereocenters. The number of amides is 7. The molecule has 4 rings (SSSR count). The van der Waals surface area contributed by atoms with Gasteiger partial charge < -0.3 is 98.2 Å². The molecule has 0 spiro atoms. The lowest BCUT2D eigenvalue weighted by molar-refractivity contribution is -0.149. The summed E-state index contributed by atoms with van der Waals surface area (Å²) in [5.41, 5.74) is 10.6. The Hall–Kier alpha value is -5.38. The highest BCUT2D eigenvalue weighted by Gasteiger charge is 2.50. The summed E-state index contributed by atoms with van der Waals surface area (Å²) >= 11 is 0. The summed E-state index contributed by atoms with van der Waals surface area (Å²) in [4.78, 5) is 96.6. The van der Waals surface area contributed by atoms with Crippen LogP contribution in [0.2, 0.25) is 0 Å². The Morgan fingerprint density at radius 1 is 0.846 bits per heavy atom. The summed E-state index contributed by atoms with van der Waals surface area (Å²) in [5, 5.41) is 106. The smallest absolute Gasteiger partial charge is 0.446 e. The molecule has 3 aliphatic heterocycles. The van der Waals surface area contributed by atoms with Gasteiger partial charge in [-0.15, -0.1) is 0 Å². The molecule has 3 aliphatic rings. The average molecular weight is 955 g/mol. The van der Waals surface area contributed by atoms with Gasteiger partial charge in [0.05, 0.1) is 36.9 Å². The molecule has 0 aromatic heterocycles. The van der Waals surface area contributed by atoms with Crippen LogP contribution in [-0.2, 0) is 44.0 Å². The standard InChI is InChI=1S/C35H52N8O20S.H2O/c1-11-9-43-25(26(11)50)33(57)41-31(55)19(48)7-15(36)29(53)38-22(12(2)44)34(58)42-10-14(45)6-16(42)30(54)40-24(32(56)39-23(35(43)59)18(47)8-21(37)49)28(52)27(51)13-3-4-17(46)20(5-13)63-64(60,61)62;/h3-5,11-12,14-16,18-19,22-28,31,44-48,50-52,55H,6-10,36H2,1-2H3,(H2,37,49)(H,38,53)(H,39,56)(H,40,54)(H,41,57)(H,60,61,62);1H2/t11-,12+,14+,15-,16-,18+,19+,22-,23-,24-,25-,26-,27-,28-,31+;/m0./s1. The zero-order valence-corrected chi connectivity index (χ0v) is 35.3. The minimum atomic E-state index is -5.30. The number of fused-ring (bicyclic) bond motifs is 2. The Bertz CT molecular complexity index is 2070. The normalized spacial score (nSPS) is 31.9. The minimum Gasteiger partial charge on any atom is -0.504 e. The van der Waals surface area contributed by atoms with Crippen LogP contribution in [0.1, 0.15) is 44.8 Å². The second kappa shape index (κ2) is 21.7. The van der Waals surface area contributed by atoms with Gasteiger partial charge in [0.2, 0.25) is 41.4 Å². The summed E-state index contributed by atoms with van der Waals surface area (Å²) in [5.74, 6) is -12.4. The number of hydrogen-bond acceptors (Lipinski definition) is 20. The first-order chi connectivity index (χ1) is 29.6. The van der Waals surface area contributed by atoms with Gasteiger partial charge in [0.25, 0.3) is 0 Å². The van der Waals surface area contributed by atoms with Gasteiger partial charge in [-0.2, -0.15) is 8.42 Å². The second-order valence-corrected chi connectivity index (χ2v) is 16.8. The van der Waals surface area contributed by atoms with E-state index in [9.17, 15) is 87.9 Å². The molecule has 1 aromatic carbocycles. The summed E-state index contributed by atoms with van der Waals surface area (Å²) in [6.07, 6.45) is -19.1. The molecule has 366 valence electrons. The van der Waals surface area contributed by atoms with Gasteiger partial charge in [-0.3, -0.25) is 38.1 Å². The van der Waals surface area contributed by atoms with Gasteiger partial charge in [0.15, 0.2) is 17.7 Å². The first kappa shape index (κ1) is 54.0. The van der Waals surface area contributed by atoms with Crippen molar-refractivity contribution in [3.05, 3.63) is 23.8 Å². The van der Waals surface area contributed by atoms with E-state index in [2.05, 4.69) is 14.8 Å². The number of nitrogens with zero attached hydrogens (tertiary/aromatic N) is 2. The van der Waals surface area contributed by atoms with E-state index in [4.69, 9.17) is 16.0 Å². The quantitative estimate of drug-likeness (QED) is 0.102.